The van der Waals surface area contributed by atoms with Crippen molar-refractivity contribution in [3.63, 3.8) is 0 Å². The van der Waals surface area contributed by atoms with E-state index in [9.17, 15) is 9.18 Å². The topological polar surface area (TPSA) is 80.0 Å². The van der Waals surface area contributed by atoms with E-state index in [1.807, 2.05) is 20.8 Å². The van der Waals surface area contributed by atoms with Gasteiger partial charge in [-0.25, -0.2) is 19.2 Å². The Hall–Kier alpha value is -2.67. The summed E-state index contributed by atoms with van der Waals surface area (Å²) < 4.78 is 19.4. The molecule has 0 aliphatic carbocycles. The third kappa shape index (κ3) is 3.77. The molecule has 0 aliphatic rings. The zero-order chi connectivity index (χ0) is 18.8. The van der Waals surface area contributed by atoms with Gasteiger partial charge in [-0.15, -0.1) is 0 Å². The molecular weight excluding hydrogens is 359 g/mol. The summed E-state index contributed by atoms with van der Waals surface area (Å²) in [4.78, 5) is 20.0. The Morgan fingerprint density at radius 2 is 1.96 bits per heavy atom. The Morgan fingerprint density at radius 3 is 2.62 bits per heavy atom. The van der Waals surface area contributed by atoms with E-state index >= 15 is 0 Å². The first-order valence-corrected chi connectivity index (χ1v) is 8.46. The zero-order valence-corrected chi connectivity index (χ0v) is 15.3. The molecule has 0 aliphatic heterocycles. The molecule has 3 aromatic rings. The number of aromatic nitrogens is 2. The number of hydrogen-bond acceptors (Lipinski definition) is 4. The standard InChI is InChI=1S/C18H18ClFN4O2/c1-9(2)15(24-18(25)23-12-7-21-17(19)22-8-12)16-10(3)13-6-11(20)4-5-14(13)26-16/h4-9,15H,1-3H3,(H2,23,24,25)/t15-/m0/s1. The second-order valence-electron chi connectivity index (χ2n) is 6.29. The second kappa shape index (κ2) is 7.29. The normalized spacial score (nSPS) is 12.4. The van der Waals surface area contributed by atoms with Crippen LogP contribution in [0.1, 0.15) is 31.2 Å². The van der Waals surface area contributed by atoms with Crippen molar-refractivity contribution in [1.29, 1.82) is 0 Å². The molecule has 1 aromatic carbocycles. The van der Waals surface area contributed by atoms with Gasteiger partial charge in [-0.05, 0) is 42.6 Å². The Bertz CT molecular complexity index is 940. The maximum Gasteiger partial charge on any atom is 0.319 e. The van der Waals surface area contributed by atoms with Gasteiger partial charge in [-0.1, -0.05) is 13.8 Å². The van der Waals surface area contributed by atoms with Gasteiger partial charge in [0, 0.05) is 10.9 Å². The average molecular weight is 377 g/mol. The van der Waals surface area contributed by atoms with Gasteiger partial charge in [0.1, 0.15) is 17.2 Å². The number of amides is 2. The highest BCUT2D eigenvalue weighted by Gasteiger charge is 2.25. The van der Waals surface area contributed by atoms with Gasteiger partial charge in [-0.3, -0.25) is 0 Å². The molecule has 3 rings (SSSR count). The third-order valence-corrected chi connectivity index (χ3v) is 4.24. The molecule has 2 heterocycles. The number of halogens is 2. The first-order valence-electron chi connectivity index (χ1n) is 8.08. The van der Waals surface area contributed by atoms with Gasteiger partial charge in [0.15, 0.2) is 0 Å². The summed E-state index contributed by atoms with van der Waals surface area (Å²) in [6, 6.07) is 3.54. The van der Waals surface area contributed by atoms with E-state index in [-0.39, 0.29) is 17.0 Å². The minimum absolute atomic E-state index is 0.0475. The number of nitrogens with one attached hydrogen (secondary N) is 2. The number of urea groups is 1. The fourth-order valence-electron chi connectivity index (χ4n) is 2.73. The average Bonchev–Trinajstić information content (AvgIpc) is 2.91. The van der Waals surface area contributed by atoms with Crippen LogP contribution >= 0.6 is 11.6 Å². The van der Waals surface area contributed by atoms with Gasteiger partial charge in [0.2, 0.25) is 5.28 Å². The van der Waals surface area contributed by atoms with Crippen LogP contribution in [0.15, 0.2) is 35.0 Å². The molecule has 2 aromatic heterocycles. The van der Waals surface area contributed by atoms with E-state index in [2.05, 4.69) is 20.6 Å². The van der Waals surface area contributed by atoms with Crippen LogP contribution in [0, 0.1) is 18.7 Å². The number of benzene rings is 1. The van der Waals surface area contributed by atoms with Crippen molar-refractivity contribution < 1.29 is 13.6 Å². The maximum atomic E-state index is 13.5. The minimum atomic E-state index is -0.430. The second-order valence-corrected chi connectivity index (χ2v) is 6.63. The number of carbonyl (C=O) groups is 1. The lowest BCUT2D eigenvalue weighted by atomic mass is 9.98. The highest BCUT2D eigenvalue weighted by atomic mass is 35.5. The molecular formula is C18H18ClFN4O2. The summed E-state index contributed by atoms with van der Waals surface area (Å²) in [5, 5.41) is 6.33. The number of carbonyl (C=O) groups excluding carboxylic acids is 1. The smallest absolute Gasteiger partial charge is 0.319 e. The van der Waals surface area contributed by atoms with E-state index < -0.39 is 12.1 Å². The summed E-state index contributed by atoms with van der Waals surface area (Å²) in [6.45, 7) is 5.77. The monoisotopic (exact) mass is 376 g/mol. The van der Waals surface area contributed by atoms with Crippen molar-refractivity contribution >= 4 is 34.3 Å². The molecule has 6 nitrogen and oxygen atoms in total. The quantitative estimate of drug-likeness (QED) is 0.638. The van der Waals surface area contributed by atoms with Gasteiger partial charge >= 0.3 is 6.03 Å². The third-order valence-electron chi connectivity index (χ3n) is 4.05. The van der Waals surface area contributed by atoms with Crippen LogP contribution in [0.4, 0.5) is 14.9 Å². The van der Waals surface area contributed by atoms with Crippen molar-refractivity contribution in [2.24, 2.45) is 5.92 Å². The lowest BCUT2D eigenvalue weighted by Crippen LogP contribution is -2.35. The fourth-order valence-corrected chi connectivity index (χ4v) is 2.83. The van der Waals surface area contributed by atoms with Crippen LogP contribution in [-0.2, 0) is 0 Å². The largest absolute Gasteiger partial charge is 0.459 e. The van der Waals surface area contributed by atoms with E-state index in [0.717, 1.165) is 5.56 Å². The van der Waals surface area contributed by atoms with Gasteiger partial charge in [-0.2, -0.15) is 0 Å². The molecule has 0 saturated heterocycles. The molecule has 8 heteroatoms. The first kappa shape index (κ1) is 18.1. The van der Waals surface area contributed by atoms with Crippen LogP contribution < -0.4 is 10.6 Å². The van der Waals surface area contributed by atoms with Gasteiger partial charge in [0.05, 0.1) is 24.1 Å². The van der Waals surface area contributed by atoms with Crippen molar-refractivity contribution in [2.75, 3.05) is 5.32 Å². The highest BCUT2D eigenvalue weighted by molar-refractivity contribution is 6.28. The highest BCUT2D eigenvalue weighted by Crippen LogP contribution is 2.33. The molecule has 0 bridgehead atoms. The van der Waals surface area contributed by atoms with E-state index in [1.54, 1.807) is 6.07 Å². The molecule has 0 radical (unpaired) electrons. The minimum Gasteiger partial charge on any atom is -0.459 e. The first-order chi connectivity index (χ1) is 12.3. The summed E-state index contributed by atoms with van der Waals surface area (Å²) in [6.07, 6.45) is 2.82. The van der Waals surface area contributed by atoms with E-state index in [4.69, 9.17) is 16.0 Å². The predicted octanol–water partition coefficient (Wildman–Crippen LogP) is 4.84. The Morgan fingerprint density at radius 1 is 1.27 bits per heavy atom. The van der Waals surface area contributed by atoms with Gasteiger partial charge < -0.3 is 15.1 Å². The molecule has 1 atom stereocenters. The molecule has 0 fully saturated rings. The van der Waals surface area contributed by atoms with Crippen LogP contribution in [0.5, 0.6) is 0 Å². The van der Waals surface area contributed by atoms with Crippen molar-refractivity contribution in [1.82, 2.24) is 15.3 Å². The lowest BCUT2D eigenvalue weighted by Gasteiger charge is -2.21. The number of fused-ring (bicyclic) bond motifs is 1. The maximum absolute atomic E-state index is 13.5. The number of nitrogens with zero attached hydrogens (tertiary/aromatic N) is 2. The molecule has 0 spiro atoms. The molecule has 0 unspecified atom stereocenters. The number of anilines is 1. The number of furan rings is 1. The summed E-state index contributed by atoms with van der Waals surface area (Å²) in [5.41, 5.74) is 1.80. The fraction of sp³-hybridized carbons (Fsp3) is 0.278. The Labute approximate surface area is 154 Å². The molecule has 2 N–H and O–H groups in total. The Kier molecular flexibility index (Phi) is 5.08. The van der Waals surface area contributed by atoms with Crippen LogP contribution in [-0.4, -0.2) is 16.0 Å². The van der Waals surface area contributed by atoms with Crippen LogP contribution in [0.3, 0.4) is 0 Å². The molecule has 136 valence electrons. The van der Waals surface area contributed by atoms with Crippen LogP contribution in [0.2, 0.25) is 5.28 Å². The summed E-state index contributed by atoms with van der Waals surface area (Å²) >= 11 is 5.63. The number of hydrogen-bond donors (Lipinski definition) is 2. The van der Waals surface area contributed by atoms with E-state index in [0.29, 0.717) is 22.4 Å². The molecule has 2 amide bonds. The van der Waals surface area contributed by atoms with Crippen LogP contribution in [0.25, 0.3) is 11.0 Å². The Balaban J connectivity index is 1.84. The zero-order valence-electron chi connectivity index (χ0n) is 14.5. The summed E-state index contributed by atoms with van der Waals surface area (Å²) in [7, 11) is 0. The van der Waals surface area contributed by atoms with E-state index in [1.165, 1.54) is 24.5 Å². The van der Waals surface area contributed by atoms with Crippen molar-refractivity contribution in [3.05, 3.63) is 53.0 Å². The predicted molar refractivity (Wildman–Crippen MR) is 97.7 cm³/mol. The lowest BCUT2D eigenvalue weighted by molar-refractivity contribution is 0.241. The number of rotatable bonds is 4. The number of aryl methyl sites for hydroxylation is 1. The summed E-state index contributed by atoms with van der Waals surface area (Å²) in [5.74, 6) is 0.317. The van der Waals surface area contributed by atoms with Gasteiger partial charge in [0.25, 0.3) is 0 Å². The SMILES string of the molecule is Cc1c([C@@H](NC(=O)Nc2cnc(Cl)nc2)C(C)C)oc2ccc(F)cc12. The van der Waals surface area contributed by atoms with Crippen molar-refractivity contribution in [2.45, 2.75) is 26.8 Å². The molecule has 26 heavy (non-hydrogen) atoms. The van der Waals surface area contributed by atoms with Crippen molar-refractivity contribution in [3.8, 4) is 0 Å². The molecule has 0 saturated carbocycles.